The summed E-state index contributed by atoms with van der Waals surface area (Å²) < 4.78 is 5.70. The molecule has 37 heavy (non-hydrogen) atoms. The lowest BCUT2D eigenvalue weighted by Gasteiger charge is -2.11. The van der Waals surface area contributed by atoms with E-state index in [-0.39, 0.29) is 10.9 Å². The highest BCUT2D eigenvalue weighted by Gasteiger charge is 2.16. The van der Waals surface area contributed by atoms with Crippen LogP contribution in [-0.2, 0) is 6.42 Å². The molecule has 10 heteroatoms. The lowest BCUT2D eigenvalue weighted by atomic mass is 10.2. The average Bonchev–Trinajstić information content (AvgIpc) is 3.53. The molecule has 186 valence electrons. The monoisotopic (exact) mass is 549 g/mol. The molecular weight excluding hydrogens is 529 g/mol. The summed E-state index contributed by atoms with van der Waals surface area (Å²) in [6, 6.07) is 20.2. The zero-order valence-electron chi connectivity index (χ0n) is 19.9. The Labute approximate surface area is 228 Å². The molecule has 2 aromatic heterocycles. The number of halogens is 2. The number of hydrogen-bond donors (Lipinski definition) is 2. The van der Waals surface area contributed by atoms with Crippen LogP contribution >= 0.6 is 35.4 Å². The van der Waals surface area contributed by atoms with Gasteiger partial charge in [0.2, 0.25) is 0 Å². The zero-order chi connectivity index (χ0) is 26.1. The summed E-state index contributed by atoms with van der Waals surface area (Å²) in [5.41, 5.74) is 5.88. The van der Waals surface area contributed by atoms with Crippen molar-refractivity contribution in [1.29, 1.82) is 0 Å². The molecule has 2 heterocycles. The number of nitrogens with one attached hydrogen (secondary N) is 2. The number of aryl methyl sites for hydroxylation is 2. The van der Waals surface area contributed by atoms with Crippen LogP contribution in [0.5, 0.6) is 0 Å². The lowest BCUT2D eigenvalue weighted by molar-refractivity contribution is 0.0951. The summed E-state index contributed by atoms with van der Waals surface area (Å²) in [4.78, 5) is 14.3. The lowest BCUT2D eigenvalue weighted by Crippen LogP contribution is -2.34. The van der Waals surface area contributed by atoms with Gasteiger partial charge in [-0.15, -0.1) is 10.2 Å². The number of fused-ring (bicyclic) bond motifs is 1. The van der Waals surface area contributed by atoms with Crippen LogP contribution in [0.25, 0.3) is 28.0 Å². The van der Waals surface area contributed by atoms with Crippen molar-refractivity contribution in [2.75, 3.05) is 5.32 Å². The van der Waals surface area contributed by atoms with Crippen LogP contribution in [0, 0.1) is 6.92 Å². The maximum Gasteiger partial charge on any atom is 0.293 e. The summed E-state index contributed by atoms with van der Waals surface area (Å²) in [7, 11) is 0. The van der Waals surface area contributed by atoms with Gasteiger partial charge >= 0.3 is 0 Å². The van der Waals surface area contributed by atoms with E-state index in [1.165, 1.54) is 5.56 Å². The first-order valence-corrected chi connectivity index (χ1v) is 12.6. The Morgan fingerprint density at radius 1 is 0.973 bits per heavy atom. The zero-order valence-corrected chi connectivity index (χ0v) is 22.2. The van der Waals surface area contributed by atoms with Crippen molar-refractivity contribution in [2.45, 2.75) is 20.3 Å². The number of furan rings is 1. The van der Waals surface area contributed by atoms with Gasteiger partial charge < -0.3 is 9.73 Å². The van der Waals surface area contributed by atoms with Gasteiger partial charge in [-0.3, -0.25) is 10.1 Å². The van der Waals surface area contributed by atoms with Gasteiger partial charge in [0.15, 0.2) is 10.9 Å². The van der Waals surface area contributed by atoms with E-state index in [4.69, 9.17) is 39.8 Å². The first-order valence-electron chi connectivity index (χ1n) is 11.5. The van der Waals surface area contributed by atoms with Crippen LogP contribution in [0.15, 0.2) is 71.1 Å². The molecule has 0 aliphatic heterocycles. The minimum atomic E-state index is -0.482. The van der Waals surface area contributed by atoms with E-state index in [1.54, 1.807) is 35.1 Å². The first-order chi connectivity index (χ1) is 17.8. The predicted octanol–water partition coefficient (Wildman–Crippen LogP) is 6.98. The number of hydrogen-bond acceptors (Lipinski definition) is 5. The Kier molecular flexibility index (Phi) is 6.97. The van der Waals surface area contributed by atoms with E-state index in [1.807, 2.05) is 31.2 Å². The third-order valence-electron chi connectivity index (χ3n) is 5.81. The van der Waals surface area contributed by atoms with Crippen molar-refractivity contribution in [3.05, 3.63) is 93.7 Å². The molecule has 5 rings (SSSR count). The molecule has 2 N–H and O–H groups in total. The standard InChI is InChI=1S/C27H21Cl2N5O2S/c1-3-16-4-7-18(8-5-16)34-32-22-12-15(2)21(14-23(22)33-34)30-27(37)31-26(35)25-11-10-24(36-25)17-6-9-19(28)20(29)13-17/h4-14H,3H2,1-2H3,(H2,30,31,35,37). The van der Waals surface area contributed by atoms with E-state index in [0.29, 0.717) is 32.6 Å². The molecule has 0 saturated carbocycles. The van der Waals surface area contributed by atoms with Crippen molar-refractivity contribution in [3.8, 4) is 17.0 Å². The second kappa shape index (κ2) is 10.3. The fourth-order valence-corrected chi connectivity index (χ4v) is 4.27. The van der Waals surface area contributed by atoms with E-state index < -0.39 is 5.91 Å². The normalized spacial score (nSPS) is 11.0. The highest BCUT2D eigenvalue weighted by Crippen LogP contribution is 2.29. The molecule has 3 aromatic carbocycles. The quantitative estimate of drug-likeness (QED) is 0.230. The second-order valence-corrected chi connectivity index (χ2v) is 9.59. The van der Waals surface area contributed by atoms with Crippen molar-refractivity contribution in [2.24, 2.45) is 0 Å². The number of carbonyl (C=O) groups is 1. The molecule has 0 bridgehead atoms. The highest BCUT2D eigenvalue weighted by atomic mass is 35.5. The van der Waals surface area contributed by atoms with E-state index in [9.17, 15) is 4.79 Å². The number of rotatable bonds is 5. The molecular formula is C27H21Cl2N5O2S. The average molecular weight is 550 g/mol. The number of amides is 1. The van der Waals surface area contributed by atoms with Crippen LogP contribution in [0.2, 0.25) is 10.0 Å². The van der Waals surface area contributed by atoms with Gasteiger partial charge in [-0.05, 0) is 91.3 Å². The molecule has 0 saturated heterocycles. The maximum atomic E-state index is 12.7. The van der Waals surface area contributed by atoms with Crippen molar-refractivity contribution in [1.82, 2.24) is 20.3 Å². The van der Waals surface area contributed by atoms with E-state index >= 15 is 0 Å². The van der Waals surface area contributed by atoms with Gasteiger partial charge in [0.05, 0.1) is 15.7 Å². The molecule has 0 fully saturated rings. The second-order valence-electron chi connectivity index (χ2n) is 8.37. The molecule has 0 radical (unpaired) electrons. The molecule has 7 nitrogen and oxygen atoms in total. The Morgan fingerprint density at radius 3 is 2.41 bits per heavy atom. The first kappa shape index (κ1) is 25.0. The highest BCUT2D eigenvalue weighted by molar-refractivity contribution is 7.80. The van der Waals surface area contributed by atoms with Gasteiger partial charge in [-0.25, -0.2) is 0 Å². The third-order valence-corrected chi connectivity index (χ3v) is 6.75. The van der Waals surface area contributed by atoms with Gasteiger partial charge in [0.1, 0.15) is 16.8 Å². The summed E-state index contributed by atoms with van der Waals surface area (Å²) in [6.07, 6.45) is 0.970. The van der Waals surface area contributed by atoms with Crippen LogP contribution in [-0.4, -0.2) is 26.0 Å². The molecule has 0 aliphatic carbocycles. The van der Waals surface area contributed by atoms with E-state index in [2.05, 4.69) is 39.9 Å². The number of benzene rings is 3. The SMILES string of the molecule is CCc1ccc(-n2nc3cc(C)c(NC(=S)NC(=O)c4ccc(-c5ccc(Cl)c(Cl)c5)o4)cc3n2)cc1. The molecule has 5 aromatic rings. The molecule has 1 amide bonds. The predicted molar refractivity (Wildman–Crippen MR) is 151 cm³/mol. The fourth-order valence-electron chi connectivity index (χ4n) is 3.77. The Morgan fingerprint density at radius 2 is 1.70 bits per heavy atom. The Hall–Kier alpha value is -3.72. The number of thiocarbonyl (C=S) groups is 1. The maximum absolute atomic E-state index is 12.7. The number of aromatic nitrogens is 3. The minimum Gasteiger partial charge on any atom is -0.451 e. The van der Waals surface area contributed by atoms with Crippen molar-refractivity contribution >= 4 is 63.2 Å². The van der Waals surface area contributed by atoms with Crippen LogP contribution in [0.4, 0.5) is 5.69 Å². The Balaban J connectivity index is 1.29. The van der Waals surface area contributed by atoms with Gasteiger partial charge in [0.25, 0.3) is 5.91 Å². The number of anilines is 1. The molecule has 0 spiro atoms. The molecule has 0 aliphatic rings. The largest absolute Gasteiger partial charge is 0.451 e. The van der Waals surface area contributed by atoms with Gasteiger partial charge in [-0.2, -0.15) is 4.80 Å². The van der Waals surface area contributed by atoms with Crippen LogP contribution in [0.3, 0.4) is 0 Å². The summed E-state index contributed by atoms with van der Waals surface area (Å²) >= 11 is 17.4. The molecule has 0 atom stereocenters. The van der Waals surface area contributed by atoms with Gasteiger partial charge in [-0.1, -0.05) is 42.3 Å². The smallest absolute Gasteiger partial charge is 0.293 e. The topological polar surface area (TPSA) is 85.0 Å². The van der Waals surface area contributed by atoms with Crippen LogP contribution < -0.4 is 10.6 Å². The third kappa shape index (κ3) is 5.36. The number of carbonyl (C=O) groups excluding carboxylic acids is 1. The van der Waals surface area contributed by atoms with Crippen molar-refractivity contribution < 1.29 is 9.21 Å². The van der Waals surface area contributed by atoms with Crippen LogP contribution in [0.1, 0.15) is 28.6 Å². The van der Waals surface area contributed by atoms with Crippen molar-refractivity contribution in [3.63, 3.8) is 0 Å². The number of nitrogens with zero attached hydrogens (tertiary/aromatic N) is 3. The molecule has 0 unspecified atom stereocenters. The van der Waals surface area contributed by atoms with Gasteiger partial charge in [0, 0.05) is 11.3 Å². The van der Waals surface area contributed by atoms with E-state index in [0.717, 1.165) is 23.2 Å². The summed E-state index contributed by atoms with van der Waals surface area (Å²) in [6.45, 7) is 4.04. The fraction of sp³-hybridized carbons (Fsp3) is 0.111. The summed E-state index contributed by atoms with van der Waals surface area (Å²) in [5.74, 6) is 0.106. The minimum absolute atomic E-state index is 0.106. The summed E-state index contributed by atoms with van der Waals surface area (Å²) in [5, 5.41) is 15.9. The Bertz CT molecular complexity index is 1640.